The number of hydrogen-bond acceptors (Lipinski definition) is 4. The number of nitrogens with two attached hydrogens (primary N) is 1. The van der Waals surface area contributed by atoms with Gasteiger partial charge in [0.15, 0.2) is 0 Å². The molecule has 3 N–H and O–H groups in total. The molecule has 0 aliphatic heterocycles. The van der Waals surface area contributed by atoms with E-state index in [1.165, 1.54) is 6.07 Å². The molecule has 0 aliphatic carbocycles. The van der Waals surface area contributed by atoms with Crippen LogP contribution < -0.4 is 10.5 Å². The summed E-state index contributed by atoms with van der Waals surface area (Å²) in [6, 6.07) is 11.0. The summed E-state index contributed by atoms with van der Waals surface area (Å²) in [6.45, 7) is 0. The van der Waals surface area contributed by atoms with Gasteiger partial charge >= 0.3 is 5.69 Å². The van der Waals surface area contributed by atoms with Crippen LogP contribution in [-0.2, 0) is 0 Å². The lowest BCUT2D eigenvalue weighted by molar-refractivity contribution is -0.385. The van der Waals surface area contributed by atoms with Crippen LogP contribution in [0.15, 0.2) is 46.9 Å². The molecule has 7 heteroatoms. The van der Waals surface area contributed by atoms with E-state index in [1.807, 2.05) is 0 Å². The summed E-state index contributed by atoms with van der Waals surface area (Å²) < 4.78 is 6.02. The van der Waals surface area contributed by atoms with E-state index in [0.29, 0.717) is 15.8 Å². The Morgan fingerprint density at radius 3 is 2.45 bits per heavy atom. The summed E-state index contributed by atoms with van der Waals surface area (Å²) in [6.07, 6.45) is 0. The second-order valence-electron chi connectivity index (χ2n) is 3.89. The van der Waals surface area contributed by atoms with E-state index in [1.54, 1.807) is 36.4 Å². The molecule has 0 saturated carbocycles. The van der Waals surface area contributed by atoms with Crippen molar-refractivity contribution in [3.8, 4) is 11.5 Å². The molecule has 0 heterocycles. The standard InChI is InChI=1S/C13H10BrN3O3/c14-10-2-1-3-11(17(18)19)12(10)20-9-6-4-8(5-7-9)13(15)16/h1-7H,(H3,15,16). The normalized spacial score (nSPS) is 10.1. The Morgan fingerprint density at radius 2 is 1.90 bits per heavy atom. The van der Waals surface area contributed by atoms with Crippen molar-refractivity contribution in [2.45, 2.75) is 0 Å². The van der Waals surface area contributed by atoms with Gasteiger partial charge < -0.3 is 10.5 Å². The van der Waals surface area contributed by atoms with Gasteiger partial charge in [-0.05, 0) is 46.3 Å². The third kappa shape index (κ3) is 2.94. The number of benzene rings is 2. The second-order valence-corrected chi connectivity index (χ2v) is 4.74. The summed E-state index contributed by atoms with van der Waals surface area (Å²) in [5.41, 5.74) is 5.78. The van der Waals surface area contributed by atoms with Gasteiger partial charge in [-0.25, -0.2) is 0 Å². The molecular weight excluding hydrogens is 326 g/mol. The van der Waals surface area contributed by atoms with E-state index in [4.69, 9.17) is 15.9 Å². The van der Waals surface area contributed by atoms with E-state index in [-0.39, 0.29) is 17.3 Å². The van der Waals surface area contributed by atoms with E-state index in [9.17, 15) is 10.1 Å². The van der Waals surface area contributed by atoms with Crippen LogP contribution in [0, 0.1) is 15.5 Å². The van der Waals surface area contributed by atoms with Gasteiger partial charge in [0.25, 0.3) is 0 Å². The van der Waals surface area contributed by atoms with Crippen LogP contribution in [0.1, 0.15) is 5.56 Å². The predicted molar refractivity (Wildman–Crippen MR) is 78.3 cm³/mol. The molecule has 0 unspecified atom stereocenters. The monoisotopic (exact) mass is 335 g/mol. The average molecular weight is 336 g/mol. The van der Waals surface area contributed by atoms with Crippen molar-refractivity contribution in [2.24, 2.45) is 5.73 Å². The smallest absolute Gasteiger partial charge is 0.312 e. The molecule has 0 amide bonds. The average Bonchev–Trinajstić information content (AvgIpc) is 2.41. The Kier molecular flexibility index (Phi) is 3.99. The van der Waals surface area contributed by atoms with E-state index < -0.39 is 4.92 Å². The number of para-hydroxylation sites is 1. The summed E-state index contributed by atoms with van der Waals surface area (Å²) in [5.74, 6) is 0.501. The lowest BCUT2D eigenvalue weighted by Gasteiger charge is -2.08. The first-order valence-electron chi connectivity index (χ1n) is 5.54. The lowest BCUT2D eigenvalue weighted by Crippen LogP contribution is -2.10. The molecular formula is C13H10BrN3O3. The van der Waals surface area contributed by atoms with Crippen LogP contribution in [-0.4, -0.2) is 10.8 Å². The fourth-order valence-corrected chi connectivity index (χ4v) is 2.00. The molecule has 6 nitrogen and oxygen atoms in total. The van der Waals surface area contributed by atoms with Crippen molar-refractivity contribution < 1.29 is 9.66 Å². The maximum Gasteiger partial charge on any atom is 0.312 e. The van der Waals surface area contributed by atoms with Gasteiger partial charge in [-0.2, -0.15) is 0 Å². The van der Waals surface area contributed by atoms with Gasteiger partial charge in [-0.3, -0.25) is 15.5 Å². The van der Waals surface area contributed by atoms with Gasteiger partial charge in [0, 0.05) is 11.6 Å². The lowest BCUT2D eigenvalue weighted by atomic mass is 10.2. The van der Waals surface area contributed by atoms with Crippen LogP contribution in [0.25, 0.3) is 0 Å². The number of nitrogen functional groups attached to an aromatic ring is 1. The van der Waals surface area contributed by atoms with Crippen LogP contribution in [0.3, 0.4) is 0 Å². The van der Waals surface area contributed by atoms with Gasteiger partial charge in [0.1, 0.15) is 11.6 Å². The van der Waals surface area contributed by atoms with Crippen molar-refractivity contribution in [1.82, 2.24) is 0 Å². The van der Waals surface area contributed by atoms with Crippen LogP contribution in [0.5, 0.6) is 11.5 Å². The third-order valence-electron chi connectivity index (χ3n) is 2.53. The Bertz CT molecular complexity index is 671. The molecule has 0 saturated heterocycles. The third-order valence-corrected chi connectivity index (χ3v) is 3.15. The number of halogens is 1. The van der Waals surface area contributed by atoms with Crippen molar-refractivity contribution in [1.29, 1.82) is 5.41 Å². The largest absolute Gasteiger partial charge is 0.449 e. The molecule has 0 aromatic heterocycles. The molecule has 20 heavy (non-hydrogen) atoms. The molecule has 0 bridgehead atoms. The van der Waals surface area contributed by atoms with Crippen molar-refractivity contribution in [2.75, 3.05) is 0 Å². The number of nitrogens with zero attached hydrogens (tertiary/aromatic N) is 1. The summed E-state index contributed by atoms with van der Waals surface area (Å²) in [5, 5.41) is 18.3. The molecule has 0 radical (unpaired) electrons. The predicted octanol–water partition coefficient (Wildman–Crippen LogP) is 3.43. The molecule has 0 fully saturated rings. The number of nitro benzene ring substituents is 1. The van der Waals surface area contributed by atoms with Crippen LogP contribution in [0.2, 0.25) is 0 Å². The minimum Gasteiger partial charge on any atom is -0.449 e. The second kappa shape index (κ2) is 5.70. The number of nitrogens with one attached hydrogen (secondary N) is 1. The fourth-order valence-electron chi connectivity index (χ4n) is 1.56. The zero-order valence-corrected chi connectivity index (χ0v) is 11.8. The molecule has 2 aromatic carbocycles. The highest BCUT2D eigenvalue weighted by Crippen LogP contribution is 2.37. The summed E-state index contributed by atoms with van der Waals surface area (Å²) >= 11 is 3.23. The first kappa shape index (κ1) is 14.0. The van der Waals surface area contributed by atoms with Gasteiger partial charge in [-0.1, -0.05) is 6.07 Å². The zero-order valence-electron chi connectivity index (χ0n) is 10.2. The number of hydrogen-bond donors (Lipinski definition) is 2. The maximum atomic E-state index is 11.0. The minimum absolute atomic E-state index is 0.0524. The Balaban J connectivity index is 2.34. The number of rotatable bonds is 4. The van der Waals surface area contributed by atoms with Crippen molar-refractivity contribution in [3.05, 3.63) is 62.6 Å². The number of ether oxygens (including phenoxy) is 1. The number of nitro groups is 1. The van der Waals surface area contributed by atoms with Gasteiger partial charge in [-0.15, -0.1) is 0 Å². The highest BCUT2D eigenvalue weighted by atomic mass is 79.9. The molecule has 2 rings (SSSR count). The Labute approximate surface area is 123 Å². The maximum absolute atomic E-state index is 11.0. The first-order chi connectivity index (χ1) is 9.49. The van der Waals surface area contributed by atoms with Gasteiger partial charge in [0.2, 0.25) is 5.75 Å². The topological polar surface area (TPSA) is 102 Å². The Hall–Kier alpha value is -2.41. The van der Waals surface area contributed by atoms with Crippen LogP contribution >= 0.6 is 15.9 Å². The van der Waals surface area contributed by atoms with E-state index in [0.717, 1.165) is 0 Å². The minimum atomic E-state index is -0.510. The van der Waals surface area contributed by atoms with Crippen molar-refractivity contribution >= 4 is 27.5 Å². The fraction of sp³-hybridized carbons (Fsp3) is 0. The molecule has 0 aliphatic rings. The molecule has 0 spiro atoms. The molecule has 2 aromatic rings. The summed E-state index contributed by atoms with van der Waals surface area (Å²) in [7, 11) is 0. The number of amidine groups is 1. The highest BCUT2D eigenvalue weighted by Gasteiger charge is 2.18. The van der Waals surface area contributed by atoms with Crippen molar-refractivity contribution in [3.63, 3.8) is 0 Å². The quantitative estimate of drug-likeness (QED) is 0.386. The van der Waals surface area contributed by atoms with Gasteiger partial charge in [0.05, 0.1) is 9.40 Å². The first-order valence-corrected chi connectivity index (χ1v) is 6.33. The highest BCUT2D eigenvalue weighted by molar-refractivity contribution is 9.10. The summed E-state index contributed by atoms with van der Waals surface area (Å²) in [4.78, 5) is 10.5. The van der Waals surface area contributed by atoms with E-state index in [2.05, 4.69) is 15.9 Å². The van der Waals surface area contributed by atoms with E-state index >= 15 is 0 Å². The Morgan fingerprint density at radius 1 is 1.25 bits per heavy atom. The SMILES string of the molecule is N=C(N)c1ccc(Oc2c(Br)cccc2[N+](=O)[O-])cc1. The molecule has 102 valence electrons. The van der Waals surface area contributed by atoms with Crippen LogP contribution in [0.4, 0.5) is 5.69 Å². The zero-order chi connectivity index (χ0) is 14.7. The molecule has 0 atom stereocenters.